The van der Waals surface area contributed by atoms with Crippen LogP contribution in [0.2, 0.25) is 5.02 Å². The predicted octanol–water partition coefficient (Wildman–Crippen LogP) is 1.11. The van der Waals surface area contributed by atoms with Crippen LogP contribution in [0, 0.1) is 5.82 Å². The van der Waals surface area contributed by atoms with E-state index in [2.05, 4.69) is 0 Å². The Hall–Kier alpha value is -0.730. The lowest BCUT2D eigenvalue weighted by Crippen LogP contribution is -2.36. The summed E-state index contributed by atoms with van der Waals surface area (Å²) in [5.41, 5.74) is 0. The van der Waals surface area contributed by atoms with E-state index in [1.165, 1.54) is 13.2 Å². The second kappa shape index (κ2) is 7.16. The van der Waals surface area contributed by atoms with E-state index >= 15 is 0 Å². The summed E-state index contributed by atoms with van der Waals surface area (Å²) in [4.78, 5) is -0.471. The number of rotatable bonds is 7. The van der Waals surface area contributed by atoms with Crippen molar-refractivity contribution in [1.82, 2.24) is 4.31 Å². The monoisotopic (exact) mass is 311 g/mol. The standard InChI is InChI=1S/C11H15ClFNO4S/c1-18-7-5-14(4-6-15)19(16,17)11-3-2-9(12)8-10(11)13/h2-3,8,15H,4-7H2,1H3. The minimum Gasteiger partial charge on any atom is -0.395 e. The summed E-state index contributed by atoms with van der Waals surface area (Å²) in [5, 5.41) is 9.01. The Morgan fingerprint density at radius 3 is 2.63 bits per heavy atom. The molecule has 0 heterocycles. The number of aliphatic hydroxyl groups is 1. The van der Waals surface area contributed by atoms with E-state index in [9.17, 15) is 12.8 Å². The van der Waals surface area contributed by atoms with Crippen LogP contribution in [0.4, 0.5) is 4.39 Å². The summed E-state index contributed by atoms with van der Waals surface area (Å²) in [6, 6.07) is 3.33. The van der Waals surface area contributed by atoms with Crippen LogP contribution in [0.5, 0.6) is 0 Å². The van der Waals surface area contributed by atoms with Crippen LogP contribution in [-0.4, -0.2) is 51.2 Å². The summed E-state index contributed by atoms with van der Waals surface area (Å²) in [5.74, 6) is -0.923. The van der Waals surface area contributed by atoms with E-state index < -0.39 is 20.7 Å². The number of ether oxygens (including phenoxy) is 1. The van der Waals surface area contributed by atoms with Gasteiger partial charge < -0.3 is 9.84 Å². The van der Waals surface area contributed by atoms with Gasteiger partial charge in [-0.3, -0.25) is 0 Å². The maximum atomic E-state index is 13.7. The summed E-state index contributed by atoms with van der Waals surface area (Å²) in [6.07, 6.45) is 0. The molecule has 1 aromatic carbocycles. The smallest absolute Gasteiger partial charge is 0.246 e. The molecule has 0 aliphatic rings. The molecule has 0 spiro atoms. The van der Waals surface area contributed by atoms with Gasteiger partial charge in [-0.25, -0.2) is 12.8 Å². The van der Waals surface area contributed by atoms with Crippen molar-refractivity contribution >= 4 is 21.6 Å². The number of halogens is 2. The van der Waals surface area contributed by atoms with Gasteiger partial charge in [-0.1, -0.05) is 11.6 Å². The molecule has 0 aromatic heterocycles. The van der Waals surface area contributed by atoms with E-state index in [0.29, 0.717) is 0 Å². The van der Waals surface area contributed by atoms with Gasteiger partial charge >= 0.3 is 0 Å². The number of methoxy groups -OCH3 is 1. The Labute approximate surface area is 116 Å². The molecule has 0 aliphatic carbocycles. The molecule has 1 aromatic rings. The quantitative estimate of drug-likeness (QED) is 0.819. The Kier molecular flexibility index (Phi) is 6.15. The molecule has 0 saturated carbocycles. The number of hydrogen-bond acceptors (Lipinski definition) is 4. The molecule has 108 valence electrons. The first kappa shape index (κ1) is 16.3. The highest BCUT2D eigenvalue weighted by Gasteiger charge is 2.26. The third-order valence-electron chi connectivity index (χ3n) is 2.41. The Balaban J connectivity index is 3.11. The lowest BCUT2D eigenvalue weighted by molar-refractivity contribution is 0.168. The second-order valence-corrected chi connectivity index (χ2v) is 6.04. The van der Waals surface area contributed by atoms with Crippen molar-refractivity contribution in [3.8, 4) is 0 Å². The van der Waals surface area contributed by atoms with E-state index in [-0.39, 0.29) is 31.3 Å². The summed E-state index contributed by atoms with van der Waals surface area (Å²) >= 11 is 5.58. The van der Waals surface area contributed by atoms with Crippen molar-refractivity contribution in [2.75, 3.05) is 33.4 Å². The first-order valence-corrected chi connectivity index (χ1v) is 7.30. The molecule has 0 saturated heterocycles. The van der Waals surface area contributed by atoms with Crippen molar-refractivity contribution in [2.24, 2.45) is 0 Å². The van der Waals surface area contributed by atoms with E-state index in [1.54, 1.807) is 0 Å². The number of sulfonamides is 1. The molecule has 1 N–H and O–H groups in total. The molecule has 0 bridgehead atoms. The second-order valence-electron chi connectivity index (χ2n) is 3.70. The van der Waals surface area contributed by atoms with Crippen molar-refractivity contribution in [3.05, 3.63) is 29.0 Å². The maximum absolute atomic E-state index is 13.7. The summed E-state index contributed by atoms with van der Waals surface area (Å²) in [6.45, 7) is -0.318. The zero-order chi connectivity index (χ0) is 14.5. The highest BCUT2D eigenvalue weighted by atomic mass is 35.5. The van der Waals surface area contributed by atoms with E-state index in [0.717, 1.165) is 16.4 Å². The number of hydrogen-bond donors (Lipinski definition) is 1. The highest BCUT2D eigenvalue weighted by Crippen LogP contribution is 2.22. The maximum Gasteiger partial charge on any atom is 0.246 e. The fourth-order valence-corrected chi connectivity index (χ4v) is 3.10. The van der Waals surface area contributed by atoms with E-state index in [1.807, 2.05) is 0 Å². The van der Waals surface area contributed by atoms with Crippen molar-refractivity contribution in [1.29, 1.82) is 0 Å². The zero-order valence-electron chi connectivity index (χ0n) is 10.3. The molecule has 0 fully saturated rings. The van der Waals surface area contributed by atoms with Gasteiger partial charge in [-0.05, 0) is 18.2 Å². The molecule has 0 amide bonds. The van der Waals surface area contributed by atoms with Crippen LogP contribution in [0.25, 0.3) is 0 Å². The van der Waals surface area contributed by atoms with Gasteiger partial charge in [-0.2, -0.15) is 4.31 Å². The predicted molar refractivity (Wildman–Crippen MR) is 69.1 cm³/mol. The van der Waals surface area contributed by atoms with Gasteiger partial charge in [0.15, 0.2) is 0 Å². The first-order valence-electron chi connectivity index (χ1n) is 5.48. The summed E-state index contributed by atoms with van der Waals surface area (Å²) in [7, 11) is -2.60. The Morgan fingerprint density at radius 1 is 1.42 bits per heavy atom. The zero-order valence-corrected chi connectivity index (χ0v) is 11.9. The lowest BCUT2D eigenvalue weighted by atomic mass is 10.3. The lowest BCUT2D eigenvalue weighted by Gasteiger charge is -2.21. The van der Waals surface area contributed by atoms with Crippen LogP contribution < -0.4 is 0 Å². The molecular weight excluding hydrogens is 297 g/mol. The molecule has 0 atom stereocenters. The van der Waals surface area contributed by atoms with Crippen LogP contribution in [0.3, 0.4) is 0 Å². The molecule has 0 unspecified atom stereocenters. The molecular formula is C11H15ClFNO4S. The van der Waals surface area contributed by atoms with Gasteiger partial charge in [0.2, 0.25) is 10.0 Å². The number of benzene rings is 1. The molecule has 5 nitrogen and oxygen atoms in total. The Morgan fingerprint density at radius 2 is 2.11 bits per heavy atom. The van der Waals surface area contributed by atoms with Crippen LogP contribution in [0.1, 0.15) is 0 Å². The van der Waals surface area contributed by atoms with Gasteiger partial charge in [-0.15, -0.1) is 0 Å². The molecule has 19 heavy (non-hydrogen) atoms. The molecule has 0 radical (unpaired) electrons. The average molecular weight is 312 g/mol. The number of nitrogens with zero attached hydrogens (tertiary/aromatic N) is 1. The van der Waals surface area contributed by atoms with Gasteiger partial charge in [0.05, 0.1) is 13.2 Å². The van der Waals surface area contributed by atoms with Crippen LogP contribution in [0.15, 0.2) is 23.1 Å². The fraction of sp³-hybridized carbons (Fsp3) is 0.455. The van der Waals surface area contributed by atoms with Gasteiger partial charge in [0.25, 0.3) is 0 Å². The third kappa shape index (κ3) is 4.12. The minimum atomic E-state index is -4.02. The fourth-order valence-electron chi connectivity index (χ4n) is 1.48. The van der Waals surface area contributed by atoms with Gasteiger partial charge in [0.1, 0.15) is 10.7 Å². The van der Waals surface area contributed by atoms with Crippen LogP contribution >= 0.6 is 11.6 Å². The SMILES string of the molecule is COCCN(CCO)S(=O)(=O)c1ccc(Cl)cc1F. The minimum absolute atomic E-state index is 0.0292. The highest BCUT2D eigenvalue weighted by molar-refractivity contribution is 7.89. The normalized spacial score (nSPS) is 12.1. The first-order chi connectivity index (χ1) is 8.93. The average Bonchev–Trinajstić information content (AvgIpc) is 2.33. The van der Waals surface area contributed by atoms with E-state index in [4.69, 9.17) is 21.4 Å². The van der Waals surface area contributed by atoms with Crippen molar-refractivity contribution in [3.63, 3.8) is 0 Å². The number of aliphatic hydroxyl groups excluding tert-OH is 1. The third-order valence-corrected chi connectivity index (χ3v) is 4.57. The van der Waals surface area contributed by atoms with Crippen molar-refractivity contribution < 1.29 is 22.7 Å². The topological polar surface area (TPSA) is 66.8 Å². The van der Waals surface area contributed by atoms with Crippen molar-refractivity contribution in [2.45, 2.75) is 4.90 Å². The largest absolute Gasteiger partial charge is 0.395 e. The van der Waals surface area contributed by atoms with Gasteiger partial charge in [0, 0.05) is 25.2 Å². The molecule has 1 rings (SSSR count). The summed E-state index contributed by atoms with van der Waals surface area (Å²) < 4.78 is 43.9. The molecule has 8 heteroatoms. The molecule has 0 aliphatic heterocycles. The van der Waals surface area contributed by atoms with Crippen LogP contribution in [-0.2, 0) is 14.8 Å². The Bertz CT molecular complexity index is 523.